The molecule has 84 valence electrons. The van der Waals surface area contributed by atoms with Crippen molar-refractivity contribution in [2.75, 3.05) is 11.9 Å². The van der Waals surface area contributed by atoms with E-state index in [1.807, 2.05) is 13.1 Å². The van der Waals surface area contributed by atoms with Crippen molar-refractivity contribution < 1.29 is 4.39 Å². The molecular weight excluding hydrogens is 191 g/mol. The molecule has 15 heavy (non-hydrogen) atoms. The Morgan fingerprint density at radius 3 is 2.60 bits per heavy atom. The average Bonchev–Trinajstić information content (AvgIpc) is 2.26. The summed E-state index contributed by atoms with van der Waals surface area (Å²) in [7, 11) is 1.98. The van der Waals surface area contributed by atoms with Crippen LogP contribution in [-0.2, 0) is 6.54 Å². The van der Waals surface area contributed by atoms with Crippen LogP contribution in [0.2, 0.25) is 0 Å². The van der Waals surface area contributed by atoms with E-state index >= 15 is 0 Å². The summed E-state index contributed by atoms with van der Waals surface area (Å²) in [6.07, 6.45) is 1.03. The molecule has 2 nitrogen and oxygen atoms in total. The van der Waals surface area contributed by atoms with E-state index in [0.717, 1.165) is 17.7 Å². The van der Waals surface area contributed by atoms with Crippen molar-refractivity contribution in [3.05, 3.63) is 29.6 Å². The van der Waals surface area contributed by atoms with Crippen LogP contribution in [0.5, 0.6) is 0 Å². The van der Waals surface area contributed by atoms with Gasteiger partial charge in [-0.05, 0) is 37.1 Å². The first-order valence-corrected chi connectivity index (χ1v) is 5.30. The smallest absolute Gasteiger partial charge is 0.125 e. The first-order valence-electron chi connectivity index (χ1n) is 5.30. The van der Waals surface area contributed by atoms with Gasteiger partial charge in [0.15, 0.2) is 0 Å². The highest BCUT2D eigenvalue weighted by Gasteiger charge is 2.09. The lowest BCUT2D eigenvalue weighted by atomic mass is 10.1. The van der Waals surface area contributed by atoms with E-state index < -0.39 is 0 Å². The molecule has 0 aromatic heterocycles. The van der Waals surface area contributed by atoms with E-state index in [1.165, 1.54) is 6.07 Å². The summed E-state index contributed by atoms with van der Waals surface area (Å²) < 4.78 is 13.3. The summed E-state index contributed by atoms with van der Waals surface area (Å²) >= 11 is 0. The molecule has 3 heteroatoms. The maximum absolute atomic E-state index is 13.3. The number of hydrogen-bond acceptors (Lipinski definition) is 2. The van der Waals surface area contributed by atoms with Crippen LogP contribution in [0.4, 0.5) is 10.1 Å². The van der Waals surface area contributed by atoms with Gasteiger partial charge in [0.05, 0.1) is 0 Å². The van der Waals surface area contributed by atoms with Crippen LogP contribution < -0.4 is 10.6 Å². The van der Waals surface area contributed by atoms with Crippen LogP contribution in [-0.4, -0.2) is 13.1 Å². The monoisotopic (exact) mass is 210 g/mol. The number of nitrogens with zero attached hydrogens (tertiary/aromatic N) is 1. The number of benzene rings is 1. The molecule has 0 spiro atoms. The lowest BCUT2D eigenvalue weighted by Crippen LogP contribution is -2.28. The molecule has 0 aliphatic rings. The fourth-order valence-electron chi connectivity index (χ4n) is 1.48. The molecule has 0 saturated heterocycles. The summed E-state index contributed by atoms with van der Waals surface area (Å²) in [5, 5.41) is 0. The second kappa shape index (κ2) is 5.12. The molecule has 1 unspecified atom stereocenters. The third kappa shape index (κ3) is 2.93. The van der Waals surface area contributed by atoms with Gasteiger partial charge >= 0.3 is 0 Å². The average molecular weight is 210 g/mol. The Balaban J connectivity index is 2.97. The summed E-state index contributed by atoms with van der Waals surface area (Å²) in [6.45, 7) is 4.61. The highest BCUT2D eigenvalue weighted by atomic mass is 19.1. The van der Waals surface area contributed by atoms with E-state index in [9.17, 15) is 4.39 Å². The minimum Gasteiger partial charge on any atom is -0.372 e. The zero-order valence-corrected chi connectivity index (χ0v) is 9.63. The topological polar surface area (TPSA) is 29.3 Å². The van der Waals surface area contributed by atoms with Crippen LogP contribution >= 0.6 is 0 Å². The van der Waals surface area contributed by atoms with Crippen molar-refractivity contribution in [1.82, 2.24) is 0 Å². The highest BCUT2D eigenvalue weighted by molar-refractivity contribution is 5.49. The summed E-state index contributed by atoms with van der Waals surface area (Å²) in [5.74, 6) is -0.219. The van der Waals surface area contributed by atoms with Crippen LogP contribution in [0.1, 0.15) is 25.8 Å². The molecule has 0 fully saturated rings. The van der Waals surface area contributed by atoms with Crippen molar-refractivity contribution >= 4 is 5.69 Å². The summed E-state index contributed by atoms with van der Waals surface area (Å²) in [6, 6.07) is 5.37. The standard InChI is InChI=1S/C12H19FN2/c1-4-9(2)15(3)12-6-10(8-14)5-11(13)7-12/h5-7,9H,4,8,14H2,1-3H3. The molecule has 1 aromatic carbocycles. The lowest BCUT2D eigenvalue weighted by molar-refractivity contribution is 0.619. The van der Waals surface area contributed by atoms with Crippen LogP contribution in [0.3, 0.4) is 0 Å². The van der Waals surface area contributed by atoms with Gasteiger partial charge in [0.1, 0.15) is 5.82 Å². The molecule has 0 aliphatic carbocycles. The predicted octanol–water partition coefficient (Wildman–Crippen LogP) is 2.52. The zero-order chi connectivity index (χ0) is 11.4. The highest BCUT2D eigenvalue weighted by Crippen LogP contribution is 2.20. The molecule has 0 heterocycles. The molecule has 0 bridgehead atoms. The van der Waals surface area contributed by atoms with E-state index in [4.69, 9.17) is 5.73 Å². The Hall–Kier alpha value is -1.09. The number of hydrogen-bond donors (Lipinski definition) is 1. The first kappa shape index (κ1) is 12.0. The Bertz CT molecular complexity index is 325. The van der Waals surface area contributed by atoms with Crippen molar-refractivity contribution in [2.45, 2.75) is 32.9 Å². The van der Waals surface area contributed by atoms with Crippen LogP contribution in [0.15, 0.2) is 18.2 Å². The summed E-state index contributed by atoms with van der Waals surface area (Å²) in [5.41, 5.74) is 7.24. The van der Waals surface area contributed by atoms with Gasteiger partial charge in [-0.2, -0.15) is 0 Å². The predicted molar refractivity (Wildman–Crippen MR) is 62.4 cm³/mol. The Morgan fingerprint density at radius 2 is 2.07 bits per heavy atom. The van der Waals surface area contributed by atoms with E-state index in [2.05, 4.69) is 18.7 Å². The largest absolute Gasteiger partial charge is 0.372 e. The van der Waals surface area contributed by atoms with Crippen molar-refractivity contribution in [3.8, 4) is 0 Å². The molecule has 1 rings (SSSR count). The number of anilines is 1. The van der Waals surface area contributed by atoms with Gasteiger partial charge in [-0.15, -0.1) is 0 Å². The third-order valence-electron chi connectivity index (χ3n) is 2.84. The van der Waals surface area contributed by atoms with Gasteiger partial charge in [-0.3, -0.25) is 0 Å². The molecular formula is C12H19FN2. The molecule has 0 saturated carbocycles. The van der Waals surface area contributed by atoms with Gasteiger partial charge in [0.2, 0.25) is 0 Å². The van der Waals surface area contributed by atoms with Crippen LogP contribution in [0.25, 0.3) is 0 Å². The normalized spacial score (nSPS) is 12.6. The lowest BCUT2D eigenvalue weighted by Gasteiger charge is -2.26. The molecule has 0 amide bonds. The molecule has 0 radical (unpaired) electrons. The van der Waals surface area contributed by atoms with Gasteiger partial charge < -0.3 is 10.6 Å². The van der Waals surface area contributed by atoms with E-state index in [0.29, 0.717) is 12.6 Å². The quantitative estimate of drug-likeness (QED) is 0.827. The first-order chi connectivity index (χ1) is 7.08. The van der Waals surface area contributed by atoms with Crippen molar-refractivity contribution in [1.29, 1.82) is 0 Å². The van der Waals surface area contributed by atoms with Gasteiger partial charge in [0.25, 0.3) is 0 Å². The van der Waals surface area contributed by atoms with E-state index in [1.54, 1.807) is 6.07 Å². The van der Waals surface area contributed by atoms with Crippen molar-refractivity contribution in [3.63, 3.8) is 0 Å². The zero-order valence-electron chi connectivity index (χ0n) is 9.63. The molecule has 2 N–H and O–H groups in total. The Morgan fingerprint density at radius 1 is 1.40 bits per heavy atom. The minimum absolute atomic E-state index is 0.219. The second-order valence-corrected chi connectivity index (χ2v) is 3.89. The second-order valence-electron chi connectivity index (χ2n) is 3.89. The summed E-state index contributed by atoms with van der Waals surface area (Å²) in [4.78, 5) is 2.07. The fourth-order valence-corrected chi connectivity index (χ4v) is 1.48. The fraction of sp³-hybridized carbons (Fsp3) is 0.500. The van der Waals surface area contributed by atoms with Gasteiger partial charge in [-0.25, -0.2) is 4.39 Å². The van der Waals surface area contributed by atoms with Gasteiger partial charge in [-0.1, -0.05) is 6.92 Å². The Labute approximate surface area is 90.9 Å². The Kier molecular flexibility index (Phi) is 4.09. The van der Waals surface area contributed by atoms with E-state index in [-0.39, 0.29) is 5.82 Å². The molecule has 1 aromatic rings. The number of rotatable bonds is 4. The molecule has 1 atom stereocenters. The van der Waals surface area contributed by atoms with Crippen LogP contribution in [0, 0.1) is 5.82 Å². The number of halogens is 1. The SMILES string of the molecule is CCC(C)N(C)c1cc(F)cc(CN)c1. The maximum atomic E-state index is 13.3. The van der Waals surface area contributed by atoms with Gasteiger partial charge in [0, 0.05) is 25.3 Å². The third-order valence-corrected chi connectivity index (χ3v) is 2.84. The molecule has 0 aliphatic heterocycles. The number of nitrogens with two attached hydrogens (primary N) is 1. The van der Waals surface area contributed by atoms with Crippen molar-refractivity contribution in [2.24, 2.45) is 5.73 Å². The maximum Gasteiger partial charge on any atom is 0.125 e. The minimum atomic E-state index is -0.219.